The Labute approximate surface area is 185 Å². The molecule has 8 heteroatoms. The van der Waals surface area contributed by atoms with Crippen LogP contribution in [0, 0.1) is 0 Å². The molecule has 1 aliphatic heterocycles. The van der Waals surface area contributed by atoms with Gasteiger partial charge in [-0.25, -0.2) is 9.97 Å². The van der Waals surface area contributed by atoms with Crippen LogP contribution < -0.4 is 9.62 Å². The zero-order valence-electron chi connectivity index (χ0n) is 16.3. The second-order valence-electron chi connectivity index (χ2n) is 7.16. The molecule has 0 radical (unpaired) electrons. The molecule has 1 N–H and O–H groups in total. The minimum atomic E-state index is 0.457. The third-order valence-electron chi connectivity index (χ3n) is 5.19. The van der Waals surface area contributed by atoms with Gasteiger partial charge >= 0.3 is 0 Å². The van der Waals surface area contributed by atoms with Gasteiger partial charge in [-0.05, 0) is 36.4 Å². The Morgan fingerprint density at radius 1 is 1.24 bits per heavy atom. The first-order valence-corrected chi connectivity index (χ1v) is 11.8. The van der Waals surface area contributed by atoms with Crippen molar-refractivity contribution in [2.75, 3.05) is 29.8 Å². The van der Waals surface area contributed by atoms with Gasteiger partial charge in [0.25, 0.3) is 0 Å². The standard InChI is InChI=1S/C21H24ClN5S2/c1-26(17-7-9-27(10-8-17)13-16-5-3-2-4-6-16)21-19(22)11-18(12-23-21)29-25-20-14-28-15-24-20/h2-6,11-12,14-15,17,25H,7-10,13H2,1H3. The number of likely N-dealkylation sites (tertiary alicyclic amines) is 1. The zero-order valence-corrected chi connectivity index (χ0v) is 18.7. The Balaban J connectivity index is 1.31. The molecule has 0 atom stereocenters. The fourth-order valence-corrected chi connectivity index (χ4v) is 5.12. The Bertz CT molecular complexity index is 899. The maximum atomic E-state index is 6.57. The van der Waals surface area contributed by atoms with Crippen LogP contribution in [0.2, 0.25) is 5.02 Å². The molecule has 1 aromatic carbocycles. The molecule has 0 amide bonds. The third-order valence-corrected chi connectivity index (χ3v) is 6.83. The van der Waals surface area contributed by atoms with Gasteiger partial charge < -0.3 is 9.62 Å². The van der Waals surface area contributed by atoms with Crippen molar-refractivity contribution in [3.8, 4) is 0 Å². The van der Waals surface area contributed by atoms with E-state index in [0.29, 0.717) is 11.1 Å². The van der Waals surface area contributed by atoms with Crippen molar-refractivity contribution in [3.63, 3.8) is 0 Å². The van der Waals surface area contributed by atoms with Crippen molar-refractivity contribution < 1.29 is 0 Å². The highest BCUT2D eigenvalue weighted by atomic mass is 35.5. The van der Waals surface area contributed by atoms with E-state index in [1.807, 2.05) is 17.6 Å². The SMILES string of the molecule is CN(c1ncc(SNc2cscn2)cc1Cl)C1CCN(Cc2ccccc2)CC1. The highest BCUT2D eigenvalue weighted by molar-refractivity contribution is 8.00. The van der Waals surface area contributed by atoms with E-state index < -0.39 is 0 Å². The molecule has 3 heterocycles. The van der Waals surface area contributed by atoms with E-state index in [9.17, 15) is 0 Å². The van der Waals surface area contributed by atoms with Crippen LogP contribution in [0.25, 0.3) is 0 Å². The van der Waals surface area contributed by atoms with E-state index in [-0.39, 0.29) is 0 Å². The first kappa shape index (κ1) is 20.5. The largest absolute Gasteiger partial charge is 0.355 e. The lowest BCUT2D eigenvalue weighted by Crippen LogP contribution is -2.43. The van der Waals surface area contributed by atoms with Gasteiger partial charge in [0, 0.05) is 49.2 Å². The Morgan fingerprint density at radius 2 is 2.03 bits per heavy atom. The van der Waals surface area contributed by atoms with Crippen LogP contribution in [0.1, 0.15) is 18.4 Å². The fraction of sp³-hybridized carbons (Fsp3) is 0.333. The summed E-state index contributed by atoms with van der Waals surface area (Å²) >= 11 is 9.60. The maximum absolute atomic E-state index is 6.57. The van der Waals surface area contributed by atoms with Gasteiger partial charge in [-0.2, -0.15) is 0 Å². The summed E-state index contributed by atoms with van der Waals surface area (Å²) in [7, 11) is 2.10. The Hall–Kier alpha value is -1.80. The molecule has 1 saturated heterocycles. The molecule has 0 saturated carbocycles. The molecule has 4 rings (SSSR count). The van der Waals surface area contributed by atoms with Crippen molar-refractivity contribution in [1.29, 1.82) is 0 Å². The summed E-state index contributed by atoms with van der Waals surface area (Å²) in [6, 6.07) is 13.1. The van der Waals surface area contributed by atoms with Crippen LogP contribution in [-0.2, 0) is 6.54 Å². The van der Waals surface area contributed by atoms with Crippen LogP contribution in [0.15, 0.2) is 58.4 Å². The van der Waals surface area contributed by atoms with Gasteiger partial charge in [0.05, 0.1) is 10.5 Å². The quantitative estimate of drug-likeness (QED) is 0.490. The normalized spacial score (nSPS) is 15.4. The van der Waals surface area contributed by atoms with Crippen LogP contribution in [0.4, 0.5) is 11.6 Å². The lowest BCUT2D eigenvalue weighted by Gasteiger charge is -2.37. The summed E-state index contributed by atoms with van der Waals surface area (Å²) in [6.07, 6.45) is 4.10. The number of rotatable bonds is 7. The van der Waals surface area contributed by atoms with E-state index in [1.54, 1.807) is 16.8 Å². The first-order valence-electron chi connectivity index (χ1n) is 9.65. The van der Waals surface area contributed by atoms with E-state index in [2.05, 4.69) is 61.9 Å². The monoisotopic (exact) mass is 445 g/mol. The molecular weight excluding hydrogens is 422 g/mol. The molecule has 0 spiro atoms. The highest BCUT2D eigenvalue weighted by Gasteiger charge is 2.24. The van der Waals surface area contributed by atoms with E-state index in [4.69, 9.17) is 11.6 Å². The van der Waals surface area contributed by atoms with Crippen molar-refractivity contribution in [2.45, 2.75) is 30.3 Å². The van der Waals surface area contributed by atoms with Crippen LogP contribution in [0.5, 0.6) is 0 Å². The Kier molecular flexibility index (Phi) is 6.92. The predicted octanol–water partition coefficient (Wildman–Crippen LogP) is 5.41. The average molecular weight is 446 g/mol. The van der Waals surface area contributed by atoms with E-state index in [0.717, 1.165) is 49.0 Å². The number of aromatic nitrogens is 2. The average Bonchev–Trinajstić information content (AvgIpc) is 3.27. The minimum absolute atomic E-state index is 0.457. The number of benzene rings is 1. The lowest BCUT2D eigenvalue weighted by atomic mass is 10.0. The Morgan fingerprint density at radius 3 is 2.72 bits per heavy atom. The third kappa shape index (κ3) is 5.42. The van der Waals surface area contributed by atoms with Crippen LogP contribution >= 0.6 is 34.9 Å². The van der Waals surface area contributed by atoms with Gasteiger partial charge in [-0.1, -0.05) is 41.9 Å². The molecule has 2 aromatic heterocycles. The zero-order chi connectivity index (χ0) is 20.1. The van der Waals surface area contributed by atoms with Gasteiger partial charge in [-0.3, -0.25) is 4.90 Å². The second kappa shape index (κ2) is 9.80. The molecule has 0 aliphatic carbocycles. The number of anilines is 2. The van der Waals surface area contributed by atoms with Crippen molar-refractivity contribution in [2.24, 2.45) is 0 Å². The number of hydrogen-bond donors (Lipinski definition) is 1. The van der Waals surface area contributed by atoms with Gasteiger partial charge in [0.1, 0.15) is 11.6 Å². The summed E-state index contributed by atoms with van der Waals surface area (Å²) in [4.78, 5) is 14.6. The van der Waals surface area contributed by atoms with Gasteiger partial charge in [0.15, 0.2) is 0 Å². The summed E-state index contributed by atoms with van der Waals surface area (Å²) < 4.78 is 3.20. The molecule has 5 nitrogen and oxygen atoms in total. The topological polar surface area (TPSA) is 44.3 Å². The molecule has 0 unspecified atom stereocenters. The number of piperidine rings is 1. The number of thiazole rings is 1. The fourth-order valence-electron chi connectivity index (χ4n) is 3.58. The summed E-state index contributed by atoms with van der Waals surface area (Å²) in [6.45, 7) is 3.20. The van der Waals surface area contributed by atoms with E-state index in [1.165, 1.54) is 17.5 Å². The number of pyridine rings is 1. The smallest absolute Gasteiger partial charge is 0.147 e. The highest BCUT2D eigenvalue weighted by Crippen LogP contribution is 2.31. The van der Waals surface area contributed by atoms with Crippen LogP contribution in [-0.4, -0.2) is 41.0 Å². The first-order chi connectivity index (χ1) is 14.2. The predicted molar refractivity (Wildman–Crippen MR) is 124 cm³/mol. The van der Waals surface area contributed by atoms with Gasteiger partial charge in [0.2, 0.25) is 0 Å². The second-order valence-corrected chi connectivity index (χ2v) is 9.16. The molecule has 152 valence electrons. The lowest BCUT2D eigenvalue weighted by molar-refractivity contribution is 0.203. The van der Waals surface area contributed by atoms with Crippen molar-refractivity contribution >= 4 is 46.5 Å². The van der Waals surface area contributed by atoms with Crippen molar-refractivity contribution in [1.82, 2.24) is 14.9 Å². The number of nitrogens with zero attached hydrogens (tertiary/aromatic N) is 4. The number of halogens is 1. The van der Waals surface area contributed by atoms with Crippen LogP contribution in [0.3, 0.4) is 0 Å². The molecular formula is C21H24ClN5S2. The molecule has 3 aromatic rings. The number of hydrogen-bond acceptors (Lipinski definition) is 7. The summed E-state index contributed by atoms with van der Waals surface area (Å²) in [5.41, 5.74) is 3.18. The summed E-state index contributed by atoms with van der Waals surface area (Å²) in [5, 5.41) is 2.65. The molecule has 1 fully saturated rings. The van der Waals surface area contributed by atoms with Gasteiger partial charge in [-0.15, -0.1) is 11.3 Å². The molecule has 0 bridgehead atoms. The van der Waals surface area contributed by atoms with Crippen molar-refractivity contribution in [3.05, 3.63) is 64.1 Å². The molecule has 1 aliphatic rings. The minimum Gasteiger partial charge on any atom is -0.355 e. The maximum Gasteiger partial charge on any atom is 0.147 e. The number of nitrogens with one attached hydrogen (secondary N) is 1. The molecule has 29 heavy (non-hydrogen) atoms. The summed E-state index contributed by atoms with van der Waals surface area (Å²) in [5.74, 6) is 1.70. The van der Waals surface area contributed by atoms with E-state index >= 15 is 0 Å².